The monoisotopic (exact) mass is 265 g/mol. The molecular weight excluding hydrogens is 257 g/mol. The molecule has 0 aliphatic rings. The molecule has 2 nitrogen and oxygen atoms in total. The van der Waals surface area contributed by atoms with Gasteiger partial charge in [0.15, 0.2) is 5.78 Å². The van der Waals surface area contributed by atoms with Gasteiger partial charge in [-0.25, -0.2) is 0 Å². The molecule has 0 bridgehead atoms. The van der Waals surface area contributed by atoms with E-state index in [9.17, 15) is 4.79 Å². The summed E-state index contributed by atoms with van der Waals surface area (Å²) in [7, 11) is 0. The number of hydrogen-bond acceptors (Lipinski definition) is 2. The summed E-state index contributed by atoms with van der Waals surface area (Å²) < 4.78 is 0. The fourth-order valence-corrected chi connectivity index (χ4v) is 1.84. The smallest absolute Gasteiger partial charge is 0.195 e. The topological polar surface area (TPSA) is 43.1 Å². The Kier molecular flexibility index (Phi) is 3.36. The standard InChI is InChI=1S/C13H9Cl2NO/c14-10-7-6-9(12(16)11(10)15)13(17)8-4-2-1-3-5-8/h1-7H,16H2. The van der Waals surface area contributed by atoms with Crippen LogP contribution in [0.1, 0.15) is 15.9 Å². The summed E-state index contributed by atoms with van der Waals surface area (Å²) in [6.45, 7) is 0. The van der Waals surface area contributed by atoms with Crippen LogP contribution in [0.15, 0.2) is 42.5 Å². The van der Waals surface area contributed by atoms with Gasteiger partial charge in [-0.1, -0.05) is 53.5 Å². The molecule has 0 saturated carbocycles. The second kappa shape index (κ2) is 4.78. The Morgan fingerprint density at radius 1 is 1.00 bits per heavy atom. The minimum absolute atomic E-state index is 0.165. The molecule has 0 spiro atoms. The molecule has 0 aliphatic carbocycles. The average molecular weight is 266 g/mol. The average Bonchev–Trinajstić information content (AvgIpc) is 2.36. The van der Waals surface area contributed by atoms with Crippen LogP contribution in [0.4, 0.5) is 5.69 Å². The van der Waals surface area contributed by atoms with Gasteiger partial charge in [0.05, 0.1) is 15.7 Å². The van der Waals surface area contributed by atoms with Crippen molar-refractivity contribution in [3.8, 4) is 0 Å². The maximum atomic E-state index is 12.1. The van der Waals surface area contributed by atoms with Crippen LogP contribution in [0, 0.1) is 0 Å². The van der Waals surface area contributed by atoms with Crippen molar-refractivity contribution in [3.63, 3.8) is 0 Å². The number of halogens is 2. The predicted octanol–water partition coefficient (Wildman–Crippen LogP) is 3.81. The number of nitrogen functional groups attached to an aromatic ring is 1. The highest BCUT2D eigenvalue weighted by Crippen LogP contribution is 2.31. The van der Waals surface area contributed by atoms with Gasteiger partial charge >= 0.3 is 0 Å². The van der Waals surface area contributed by atoms with Crippen LogP contribution in [0.2, 0.25) is 10.0 Å². The van der Waals surface area contributed by atoms with Crippen molar-refractivity contribution >= 4 is 34.7 Å². The number of rotatable bonds is 2. The third kappa shape index (κ3) is 2.28. The minimum Gasteiger partial charge on any atom is -0.397 e. The molecule has 86 valence electrons. The summed E-state index contributed by atoms with van der Waals surface area (Å²) in [5.41, 5.74) is 6.93. The first-order valence-electron chi connectivity index (χ1n) is 4.94. The molecular formula is C13H9Cl2NO. The van der Waals surface area contributed by atoms with E-state index in [2.05, 4.69) is 0 Å². The Morgan fingerprint density at radius 2 is 1.65 bits per heavy atom. The van der Waals surface area contributed by atoms with E-state index >= 15 is 0 Å². The zero-order valence-electron chi connectivity index (χ0n) is 8.78. The van der Waals surface area contributed by atoms with Crippen molar-refractivity contribution in [3.05, 3.63) is 63.6 Å². The molecule has 0 saturated heterocycles. The van der Waals surface area contributed by atoms with E-state index in [1.54, 1.807) is 36.4 Å². The molecule has 4 heteroatoms. The van der Waals surface area contributed by atoms with Crippen molar-refractivity contribution in [1.29, 1.82) is 0 Å². The largest absolute Gasteiger partial charge is 0.397 e. The fourth-order valence-electron chi connectivity index (χ4n) is 1.51. The van der Waals surface area contributed by atoms with Crippen LogP contribution in [0.3, 0.4) is 0 Å². The van der Waals surface area contributed by atoms with E-state index in [-0.39, 0.29) is 16.5 Å². The Bertz CT molecular complexity index is 567. The molecule has 0 fully saturated rings. The molecule has 2 N–H and O–H groups in total. The van der Waals surface area contributed by atoms with Gasteiger partial charge in [-0.3, -0.25) is 4.79 Å². The number of nitrogens with two attached hydrogens (primary N) is 1. The van der Waals surface area contributed by atoms with Crippen molar-refractivity contribution < 1.29 is 4.79 Å². The second-order valence-corrected chi connectivity index (χ2v) is 4.30. The van der Waals surface area contributed by atoms with Gasteiger partial charge in [-0.2, -0.15) is 0 Å². The fraction of sp³-hybridized carbons (Fsp3) is 0. The van der Waals surface area contributed by atoms with Crippen LogP contribution in [0.5, 0.6) is 0 Å². The van der Waals surface area contributed by atoms with Gasteiger partial charge in [0.25, 0.3) is 0 Å². The molecule has 2 aromatic carbocycles. The summed E-state index contributed by atoms with van der Waals surface area (Å²) >= 11 is 11.7. The van der Waals surface area contributed by atoms with Gasteiger partial charge in [0.1, 0.15) is 0 Å². The Labute approximate surface area is 109 Å². The van der Waals surface area contributed by atoms with Crippen LogP contribution >= 0.6 is 23.2 Å². The van der Waals surface area contributed by atoms with Crippen LogP contribution < -0.4 is 5.73 Å². The minimum atomic E-state index is -0.165. The van der Waals surface area contributed by atoms with E-state index in [1.807, 2.05) is 6.07 Å². The van der Waals surface area contributed by atoms with E-state index in [4.69, 9.17) is 28.9 Å². The van der Waals surface area contributed by atoms with Crippen molar-refractivity contribution in [2.75, 3.05) is 5.73 Å². The van der Waals surface area contributed by atoms with E-state index in [0.717, 1.165) is 0 Å². The molecule has 0 heterocycles. The third-order valence-electron chi connectivity index (χ3n) is 2.41. The highest BCUT2D eigenvalue weighted by molar-refractivity contribution is 6.44. The molecule has 2 aromatic rings. The van der Waals surface area contributed by atoms with Gasteiger partial charge < -0.3 is 5.73 Å². The lowest BCUT2D eigenvalue weighted by atomic mass is 10.0. The van der Waals surface area contributed by atoms with Crippen molar-refractivity contribution in [1.82, 2.24) is 0 Å². The lowest BCUT2D eigenvalue weighted by Gasteiger charge is -2.07. The summed E-state index contributed by atoms with van der Waals surface area (Å²) in [5.74, 6) is -0.165. The highest BCUT2D eigenvalue weighted by atomic mass is 35.5. The van der Waals surface area contributed by atoms with Crippen molar-refractivity contribution in [2.24, 2.45) is 0 Å². The first-order valence-corrected chi connectivity index (χ1v) is 5.70. The maximum absolute atomic E-state index is 12.1. The Morgan fingerprint density at radius 3 is 2.29 bits per heavy atom. The first-order chi connectivity index (χ1) is 8.11. The van der Waals surface area contributed by atoms with Crippen molar-refractivity contribution in [2.45, 2.75) is 0 Å². The number of ketones is 1. The van der Waals surface area contributed by atoms with Crippen LogP contribution in [0.25, 0.3) is 0 Å². The van der Waals surface area contributed by atoms with Gasteiger partial charge in [0.2, 0.25) is 0 Å². The van der Waals surface area contributed by atoms with Gasteiger partial charge in [-0.05, 0) is 12.1 Å². The maximum Gasteiger partial charge on any atom is 0.195 e. The normalized spacial score (nSPS) is 10.2. The van der Waals surface area contributed by atoms with E-state index < -0.39 is 0 Å². The quantitative estimate of drug-likeness (QED) is 0.663. The number of carbonyl (C=O) groups excluding carboxylic acids is 1. The van der Waals surface area contributed by atoms with Crippen LogP contribution in [-0.2, 0) is 0 Å². The summed E-state index contributed by atoms with van der Waals surface area (Å²) in [5, 5.41) is 0.558. The molecule has 0 aliphatic heterocycles. The number of anilines is 1. The van der Waals surface area contributed by atoms with Gasteiger partial charge in [0, 0.05) is 11.1 Å². The molecule has 0 aromatic heterocycles. The number of carbonyl (C=O) groups is 1. The summed E-state index contributed by atoms with van der Waals surface area (Å²) in [4.78, 5) is 12.1. The third-order valence-corrected chi connectivity index (χ3v) is 3.23. The highest BCUT2D eigenvalue weighted by Gasteiger charge is 2.15. The zero-order chi connectivity index (χ0) is 12.4. The molecule has 0 unspecified atom stereocenters. The molecule has 2 rings (SSSR count). The zero-order valence-corrected chi connectivity index (χ0v) is 10.3. The lowest BCUT2D eigenvalue weighted by molar-refractivity contribution is 0.103. The first kappa shape index (κ1) is 12.0. The van der Waals surface area contributed by atoms with Gasteiger partial charge in [-0.15, -0.1) is 0 Å². The summed E-state index contributed by atoms with van der Waals surface area (Å²) in [6, 6.07) is 12.0. The SMILES string of the molecule is Nc1c(C(=O)c2ccccc2)ccc(Cl)c1Cl. The number of benzene rings is 2. The molecule has 0 amide bonds. The summed E-state index contributed by atoms with van der Waals surface area (Å²) in [6.07, 6.45) is 0. The number of hydrogen-bond donors (Lipinski definition) is 1. The Balaban J connectivity index is 2.49. The predicted molar refractivity (Wildman–Crippen MR) is 70.7 cm³/mol. The molecule has 0 radical (unpaired) electrons. The van der Waals surface area contributed by atoms with E-state index in [1.165, 1.54) is 0 Å². The van der Waals surface area contributed by atoms with Crippen LogP contribution in [-0.4, -0.2) is 5.78 Å². The molecule has 17 heavy (non-hydrogen) atoms. The Hall–Kier alpha value is -1.51. The van der Waals surface area contributed by atoms with E-state index in [0.29, 0.717) is 16.1 Å². The molecule has 0 atom stereocenters. The lowest BCUT2D eigenvalue weighted by Crippen LogP contribution is -2.05. The second-order valence-electron chi connectivity index (χ2n) is 3.52.